The number of carbonyl (C=O) groups is 4. The molecule has 19 nitrogen and oxygen atoms in total. The summed E-state index contributed by atoms with van der Waals surface area (Å²) in [7, 11) is 0. The third-order valence-electron chi connectivity index (χ3n) is 13.1. The van der Waals surface area contributed by atoms with Crippen LogP contribution < -0.4 is 16.4 Å². The summed E-state index contributed by atoms with van der Waals surface area (Å²) in [6.07, 6.45) is -2.19. The number of H-pyrrole nitrogens is 1. The molecule has 3 aromatic rings. The zero-order valence-corrected chi connectivity index (χ0v) is 34.9. The van der Waals surface area contributed by atoms with Crippen LogP contribution in [0.2, 0.25) is 0 Å². The number of para-hydroxylation sites is 1. The van der Waals surface area contributed by atoms with E-state index < -0.39 is 61.1 Å². The number of aliphatic hydroxyl groups excluding tert-OH is 3. The third kappa shape index (κ3) is 9.77. The summed E-state index contributed by atoms with van der Waals surface area (Å²) >= 11 is 0. The monoisotopic (exact) mass is 863 g/mol. The summed E-state index contributed by atoms with van der Waals surface area (Å²) in [5.41, 5.74) is 3.43. The minimum Gasteiger partial charge on any atom is -0.436 e. The van der Waals surface area contributed by atoms with E-state index >= 15 is 0 Å². The van der Waals surface area contributed by atoms with E-state index in [1.54, 1.807) is 28.0 Å². The zero-order chi connectivity index (χ0) is 43.5. The lowest BCUT2D eigenvalue weighted by Crippen LogP contribution is -2.65. The van der Waals surface area contributed by atoms with Crippen molar-refractivity contribution in [3.05, 3.63) is 64.1 Å². The highest BCUT2D eigenvalue weighted by Gasteiger charge is 2.46. The molecule has 8 rings (SSSR count). The first kappa shape index (κ1) is 43.6. The van der Waals surface area contributed by atoms with E-state index in [0.29, 0.717) is 101 Å². The van der Waals surface area contributed by atoms with Crippen molar-refractivity contribution < 1.29 is 53.1 Å². The molecule has 6 atom stereocenters. The van der Waals surface area contributed by atoms with Crippen LogP contribution >= 0.6 is 0 Å². The zero-order valence-electron chi connectivity index (χ0n) is 34.9. The first-order chi connectivity index (χ1) is 29.9. The Balaban J connectivity index is 0.858. The van der Waals surface area contributed by atoms with E-state index in [4.69, 9.17) is 18.6 Å². The van der Waals surface area contributed by atoms with E-state index in [-0.39, 0.29) is 36.5 Å². The maximum Gasteiger partial charge on any atom is 0.417 e. The highest BCUT2D eigenvalue weighted by Crippen LogP contribution is 2.29. The molecule has 4 saturated heterocycles. The molecule has 0 aliphatic carbocycles. The molecule has 6 N–H and O–H groups in total. The molecule has 6 heterocycles. The van der Waals surface area contributed by atoms with Gasteiger partial charge in [0.1, 0.15) is 24.4 Å². The molecule has 0 bridgehead atoms. The number of oxazole rings is 1. The normalized spacial score (nSPS) is 26.4. The van der Waals surface area contributed by atoms with Crippen LogP contribution in [0.1, 0.15) is 56.6 Å². The SMILES string of the molecule is CC(=O)N[C@H]1[C@@H](OC2CCN(C3CCN(C(=O)[C@@H](Cc4ccc5[nH]c(=O)oc5c4)OC(=O)N4CCC(N5CCc6ccccc6NC5=O)CC4)CC3)CC2)O[C@H](CO)[C@@H](O)[C@@H]1O. The molecule has 0 saturated carbocycles. The summed E-state index contributed by atoms with van der Waals surface area (Å²) in [5, 5.41) is 36.4. The molecule has 2 aromatic carbocycles. The molecular formula is C43H57N7O12. The summed E-state index contributed by atoms with van der Waals surface area (Å²) in [4.78, 5) is 75.2. The average Bonchev–Trinajstić information content (AvgIpc) is 3.56. The van der Waals surface area contributed by atoms with E-state index in [9.17, 15) is 39.3 Å². The van der Waals surface area contributed by atoms with E-state index in [1.165, 1.54) is 6.92 Å². The summed E-state index contributed by atoms with van der Waals surface area (Å²) in [6, 6.07) is 11.9. The van der Waals surface area contributed by atoms with Crippen molar-refractivity contribution in [2.45, 2.75) is 113 Å². The average molecular weight is 864 g/mol. The van der Waals surface area contributed by atoms with Crippen LogP contribution in [0, 0.1) is 0 Å². The maximum atomic E-state index is 14.3. The van der Waals surface area contributed by atoms with Gasteiger partial charge >= 0.3 is 17.9 Å². The van der Waals surface area contributed by atoms with E-state index in [1.807, 2.05) is 29.2 Å². The number of anilines is 1. The lowest BCUT2D eigenvalue weighted by molar-refractivity contribution is -0.284. The molecule has 5 amide bonds. The van der Waals surface area contributed by atoms with Gasteiger partial charge in [-0.3, -0.25) is 14.6 Å². The van der Waals surface area contributed by atoms with Crippen molar-refractivity contribution in [3.63, 3.8) is 0 Å². The molecular weight excluding hydrogens is 807 g/mol. The largest absolute Gasteiger partial charge is 0.436 e. The van der Waals surface area contributed by atoms with Gasteiger partial charge in [-0.2, -0.15) is 0 Å². The lowest BCUT2D eigenvalue weighted by Gasteiger charge is -2.45. The van der Waals surface area contributed by atoms with Crippen molar-refractivity contribution in [1.82, 2.24) is 29.9 Å². The van der Waals surface area contributed by atoms with Gasteiger partial charge in [0.2, 0.25) is 5.91 Å². The molecule has 5 aliphatic heterocycles. The second-order valence-corrected chi connectivity index (χ2v) is 17.0. The predicted molar refractivity (Wildman–Crippen MR) is 222 cm³/mol. The van der Waals surface area contributed by atoms with Crippen LogP contribution in [0.15, 0.2) is 51.7 Å². The number of nitrogens with one attached hydrogen (secondary N) is 3. The molecule has 0 spiro atoms. The number of hydrogen-bond donors (Lipinski definition) is 6. The summed E-state index contributed by atoms with van der Waals surface area (Å²) in [6.45, 7) is 4.43. The van der Waals surface area contributed by atoms with Gasteiger partial charge in [0, 0.05) is 76.9 Å². The van der Waals surface area contributed by atoms with Gasteiger partial charge < -0.3 is 64.2 Å². The van der Waals surface area contributed by atoms with Crippen LogP contribution in [-0.4, -0.2) is 171 Å². The van der Waals surface area contributed by atoms with Gasteiger partial charge in [-0.05, 0) is 74.3 Å². The number of piperidine rings is 3. The molecule has 0 radical (unpaired) electrons. The van der Waals surface area contributed by atoms with E-state index in [0.717, 1.165) is 17.7 Å². The number of amides is 5. The molecule has 1 aromatic heterocycles. The Morgan fingerprint density at radius 1 is 0.887 bits per heavy atom. The number of benzene rings is 2. The Bertz CT molecular complexity index is 2120. The van der Waals surface area contributed by atoms with Crippen LogP contribution in [0.5, 0.6) is 0 Å². The number of likely N-dealkylation sites (tertiary alicyclic amines) is 3. The number of fused-ring (bicyclic) bond motifs is 2. The fourth-order valence-corrected chi connectivity index (χ4v) is 9.61. The second-order valence-electron chi connectivity index (χ2n) is 17.0. The molecule has 5 aliphatic rings. The van der Waals surface area contributed by atoms with Crippen LogP contribution in [0.3, 0.4) is 0 Å². The molecule has 19 heteroatoms. The number of nitrogens with zero attached hydrogens (tertiary/aromatic N) is 4. The van der Waals surface area contributed by atoms with E-state index in [2.05, 4.69) is 20.5 Å². The first-order valence-electron chi connectivity index (χ1n) is 21.7. The molecule has 0 unspecified atom stereocenters. The second kappa shape index (κ2) is 19.1. The molecule has 62 heavy (non-hydrogen) atoms. The standard InChI is InChI=1S/C43H57N7O12/c1-25(52)44-36-38(54)37(53)35(24-51)60-40(36)59-30-13-19-47(20-14-30)28-9-15-48(16-10-28)39(55)34(23-26-6-7-32-33(22-26)61-42(57)46-32)62-43(58)49-17-11-29(12-18-49)50-21-8-27-4-2-3-5-31(27)45-41(50)56/h2-7,22,28-30,34-38,40,51,53-54H,8-21,23-24H2,1H3,(H,44,52)(H,45,56)(H,46,57)/t34-,35-,36-,37-,38-,40+/m1/s1. The number of aliphatic hydroxyl groups is 3. The smallest absolute Gasteiger partial charge is 0.417 e. The number of hydrogen-bond acceptors (Lipinski definition) is 13. The predicted octanol–water partition coefficient (Wildman–Crippen LogP) is 1.14. The highest BCUT2D eigenvalue weighted by molar-refractivity contribution is 5.91. The number of ether oxygens (including phenoxy) is 3. The Morgan fingerprint density at radius 2 is 1.60 bits per heavy atom. The van der Waals surface area contributed by atoms with Crippen molar-refractivity contribution in [2.24, 2.45) is 0 Å². The number of aromatic nitrogens is 1. The number of urea groups is 1. The Kier molecular flexibility index (Phi) is 13.5. The quantitative estimate of drug-likeness (QED) is 0.168. The topological polar surface area (TPSA) is 240 Å². The number of carbonyl (C=O) groups excluding carboxylic acids is 4. The highest BCUT2D eigenvalue weighted by atomic mass is 16.7. The maximum absolute atomic E-state index is 14.3. The minimum absolute atomic E-state index is 0.0508. The van der Waals surface area contributed by atoms with Crippen LogP contribution in [0.25, 0.3) is 11.1 Å². The summed E-state index contributed by atoms with van der Waals surface area (Å²) < 4.78 is 23.3. The first-order valence-corrected chi connectivity index (χ1v) is 21.7. The Morgan fingerprint density at radius 3 is 2.32 bits per heavy atom. The Labute approximate surface area is 358 Å². The Hall–Kier alpha value is -5.05. The van der Waals surface area contributed by atoms with Crippen LogP contribution in [-0.2, 0) is 36.6 Å². The minimum atomic E-state index is -1.39. The van der Waals surface area contributed by atoms with Crippen molar-refractivity contribution in [1.29, 1.82) is 0 Å². The van der Waals surface area contributed by atoms with Gasteiger partial charge in [-0.15, -0.1) is 0 Å². The fourth-order valence-electron chi connectivity index (χ4n) is 9.61. The van der Waals surface area contributed by atoms with Gasteiger partial charge in [0.15, 0.2) is 18.0 Å². The fraction of sp³-hybridized carbons (Fsp3) is 0.605. The molecule has 4 fully saturated rings. The third-order valence-corrected chi connectivity index (χ3v) is 13.1. The van der Waals surface area contributed by atoms with Crippen molar-refractivity contribution in [2.75, 3.05) is 57.7 Å². The van der Waals surface area contributed by atoms with Gasteiger partial charge in [0.25, 0.3) is 5.91 Å². The van der Waals surface area contributed by atoms with Crippen molar-refractivity contribution >= 4 is 40.7 Å². The lowest BCUT2D eigenvalue weighted by atomic mass is 9.96. The number of rotatable bonds is 10. The number of aromatic amines is 1. The van der Waals surface area contributed by atoms with Gasteiger partial charge in [0.05, 0.1) is 18.2 Å². The molecule has 336 valence electrons. The van der Waals surface area contributed by atoms with Crippen molar-refractivity contribution in [3.8, 4) is 0 Å². The van der Waals surface area contributed by atoms with Gasteiger partial charge in [-0.1, -0.05) is 24.3 Å². The van der Waals surface area contributed by atoms with Gasteiger partial charge in [-0.25, -0.2) is 14.4 Å². The van der Waals surface area contributed by atoms with Crippen LogP contribution in [0.4, 0.5) is 15.3 Å². The summed E-state index contributed by atoms with van der Waals surface area (Å²) in [5.74, 6) is -1.31.